The highest BCUT2D eigenvalue weighted by atomic mass is 16.1. The van der Waals surface area contributed by atoms with E-state index in [0.717, 1.165) is 28.8 Å². The van der Waals surface area contributed by atoms with Gasteiger partial charge in [0, 0.05) is 5.56 Å². The number of nitrogens with one attached hydrogen (secondary N) is 1. The van der Waals surface area contributed by atoms with Crippen molar-refractivity contribution in [3.05, 3.63) is 53.6 Å². The van der Waals surface area contributed by atoms with Crippen LogP contribution in [0.4, 0.5) is 5.69 Å². The summed E-state index contributed by atoms with van der Waals surface area (Å²) in [5.41, 5.74) is 5.34. The predicted molar refractivity (Wildman–Crippen MR) is 71.0 cm³/mol. The van der Waals surface area contributed by atoms with Crippen LogP contribution in [0.2, 0.25) is 0 Å². The average Bonchev–Trinajstić information content (AvgIpc) is 2.32. The molecule has 0 saturated heterocycles. The molecule has 2 aromatic carbocycles. The highest BCUT2D eigenvalue weighted by molar-refractivity contribution is 5.87. The van der Waals surface area contributed by atoms with Crippen LogP contribution in [0.1, 0.15) is 11.1 Å². The smallest absolute Gasteiger partial charge is 0.211 e. The highest BCUT2D eigenvalue weighted by Crippen LogP contribution is 2.30. The van der Waals surface area contributed by atoms with Crippen LogP contribution in [0.25, 0.3) is 11.1 Å². The molecule has 2 rings (SSSR count). The van der Waals surface area contributed by atoms with Gasteiger partial charge in [0.25, 0.3) is 0 Å². The van der Waals surface area contributed by atoms with E-state index >= 15 is 0 Å². The van der Waals surface area contributed by atoms with Crippen LogP contribution in [0, 0.1) is 13.8 Å². The lowest BCUT2D eigenvalue weighted by atomic mass is 9.99. The Morgan fingerprint density at radius 2 is 1.82 bits per heavy atom. The summed E-state index contributed by atoms with van der Waals surface area (Å²) in [6, 6.07) is 14.3. The SMILES string of the molecule is Cc1cccc(-c2cccc(C)c2NC=O)c1. The van der Waals surface area contributed by atoms with Gasteiger partial charge in [-0.2, -0.15) is 0 Å². The number of aryl methyl sites for hydroxylation is 2. The van der Waals surface area contributed by atoms with Gasteiger partial charge in [0.05, 0.1) is 5.69 Å². The van der Waals surface area contributed by atoms with Gasteiger partial charge < -0.3 is 5.32 Å². The van der Waals surface area contributed by atoms with Crippen LogP contribution in [0.15, 0.2) is 42.5 Å². The van der Waals surface area contributed by atoms with Crippen molar-refractivity contribution in [2.45, 2.75) is 13.8 Å². The first-order valence-corrected chi connectivity index (χ1v) is 5.59. The molecule has 1 amide bonds. The Kier molecular flexibility index (Phi) is 3.24. The molecule has 0 aliphatic heterocycles. The second-order valence-corrected chi connectivity index (χ2v) is 4.13. The van der Waals surface area contributed by atoms with Gasteiger partial charge in [0.15, 0.2) is 0 Å². The van der Waals surface area contributed by atoms with Crippen molar-refractivity contribution in [3.8, 4) is 11.1 Å². The average molecular weight is 225 g/mol. The van der Waals surface area contributed by atoms with Gasteiger partial charge in [-0.25, -0.2) is 0 Å². The summed E-state index contributed by atoms with van der Waals surface area (Å²) in [5, 5.41) is 2.78. The summed E-state index contributed by atoms with van der Waals surface area (Å²) in [7, 11) is 0. The molecule has 0 unspecified atom stereocenters. The van der Waals surface area contributed by atoms with Crippen molar-refractivity contribution in [2.75, 3.05) is 5.32 Å². The van der Waals surface area contributed by atoms with Crippen LogP contribution >= 0.6 is 0 Å². The standard InChI is InChI=1S/C15H15NO/c1-11-5-3-7-13(9-11)14-8-4-6-12(2)15(14)16-10-17/h3-10H,1-2H3,(H,16,17). The van der Waals surface area contributed by atoms with Crippen molar-refractivity contribution >= 4 is 12.1 Å². The number of benzene rings is 2. The molecule has 0 aliphatic rings. The van der Waals surface area contributed by atoms with E-state index in [2.05, 4.69) is 30.4 Å². The lowest BCUT2D eigenvalue weighted by molar-refractivity contribution is -0.105. The Bertz CT molecular complexity index is 546. The molecule has 0 fully saturated rings. The molecule has 0 spiro atoms. The van der Waals surface area contributed by atoms with Crippen LogP contribution in [0.5, 0.6) is 0 Å². The van der Waals surface area contributed by atoms with Crippen LogP contribution in [-0.2, 0) is 4.79 Å². The van der Waals surface area contributed by atoms with Crippen LogP contribution < -0.4 is 5.32 Å². The molecular weight excluding hydrogens is 210 g/mol. The zero-order chi connectivity index (χ0) is 12.3. The van der Waals surface area contributed by atoms with E-state index in [4.69, 9.17) is 0 Å². The molecule has 0 saturated carbocycles. The molecule has 17 heavy (non-hydrogen) atoms. The fraction of sp³-hybridized carbons (Fsp3) is 0.133. The first-order valence-electron chi connectivity index (χ1n) is 5.59. The van der Waals surface area contributed by atoms with E-state index in [-0.39, 0.29) is 0 Å². The minimum absolute atomic E-state index is 0.724. The quantitative estimate of drug-likeness (QED) is 0.795. The summed E-state index contributed by atoms with van der Waals surface area (Å²) < 4.78 is 0. The molecule has 2 heteroatoms. The number of rotatable bonds is 3. The maximum Gasteiger partial charge on any atom is 0.211 e. The van der Waals surface area contributed by atoms with Gasteiger partial charge in [0.1, 0.15) is 0 Å². The van der Waals surface area contributed by atoms with Gasteiger partial charge in [0.2, 0.25) is 6.41 Å². The molecule has 0 heterocycles. The van der Waals surface area contributed by atoms with E-state index in [1.165, 1.54) is 5.56 Å². The summed E-state index contributed by atoms with van der Waals surface area (Å²) in [6.07, 6.45) is 0.724. The second-order valence-electron chi connectivity index (χ2n) is 4.13. The van der Waals surface area contributed by atoms with E-state index in [1.54, 1.807) is 0 Å². The second kappa shape index (κ2) is 4.83. The molecule has 0 aromatic heterocycles. The van der Waals surface area contributed by atoms with Crippen molar-refractivity contribution in [1.29, 1.82) is 0 Å². The highest BCUT2D eigenvalue weighted by Gasteiger charge is 2.06. The number of carbonyl (C=O) groups is 1. The Morgan fingerprint density at radius 1 is 1.06 bits per heavy atom. The Morgan fingerprint density at radius 3 is 2.53 bits per heavy atom. The minimum atomic E-state index is 0.724. The normalized spacial score (nSPS) is 10.0. The molecule has 0 aliphatic carbocycles. The van der Waals surface area contributed by atoms with Gasteiger partial charge in [-0.3, -0.25) is 4.79 Å². The fourth-order valence-electron chi connectivity index (χ4n) is 1.97. The first kappa shape index (κ1) is 11.4. The zero-order valence-electron chi connectivity index (χ0n) is 10.0. The Labute approximate surface area is 101 Å². The number of hydrogen-bond acceptors (Lipinski definition) is 1. The maximum absolute atomic E-state index is 10.7. The molecule has 86 valence electrons. The third-order valence-electron chi connectivity index (χ3n) is 2.81. The molecule has 1 N–H and O–H groups in total. The van der Waals surface area contributed by atoms with Gasteiger partial charge in [-0.15, -0.1) is 0 Å². The maximum atomic E-state index is 10.7. The lowest BCUT2D eigenvalue weighted by Crippen LogP contribution is -1.99. The zero-order valence-corrected chi connectivity index (χ0v) is 10.0. The molecule has 0 bridgehead atoms. The fourth-order valence-corrected chi connectivity index (χ4v) is 1.97. The van der Waals surface area contributed by atoms with E-state index in [1.807, 2.05) is 31.2 Å². The Hall–Kier alpha value is -2.09. The number of anilines is 1. The minimum Gasteiger partial charge on any atom is -0.328 e. The third-order valence-corrected chi connectivity index (χ3v) is 2.81. The summed E-state index contributed by atoms with van der Waals surface area (Å²) in [6.45, 7) is 4.05. The Balaban J connectivity index is 2.58. The molecular formula is C15H15NO. The van der Waals surface area contributed by atoms with Crippen molar-refractivity contribution in [3.63, 3.8) is 0 Å². The van der Waals surface area contributed by atoms with Gasteiger partial charge in [-0.1, -0.05) is 48.0 Å². The lowest BCUT2D eigenvalue weighted by Gasteiger charge is -2.11. The van der Waals surface area contributed by atoms with Crippen molar-refractivity contribution in [2.24, 2.45) is 0 Å². The topological polar surface area (TPSA) is 29.1 Å². The monoisotopic (exact) mass is 225 g/mol. The predicted octanol–water partition coefficient (Wildman–Crippen LogP) is 3.54. The van der Waals surface area contributed by atoms with Gasteiger partial charge in [-0.05, 0) is 25.0 Å². The molecule has 2 nitrogen and oxygen atoms in total. The summed E-state index contributed by atoms with van der Waals surface area (Å²) >= 11 is 0. The van der Waals surface area contributed by atoms with Crippen LogP contribution in [-0.4, -0.2) is 6.41 Å². The molecule has 0 atom stereocenters. The van der Waals surface area contributed by atoms with Crippen LogP contribution in [0.3, 0.4) is 0 Å². The third kappa shape index (κ3) is 2.36. The van der Waals surface area contributed by atoms with E-state index in [0.29, 0.717) is 0 Å². The largest absolute Gasteiger partial charge is 0.328 e. The summed E-state index contributed by atoms with van der Waals surface area (Å²) in [5.74, 6) is 0. The van der Waals surface area contributed by atoms with E-state index in [9.17, 15) is 4.79 Å². The molecule has 2 aromatic rings. The van der Waals surface area contributed by atoms with Gasteiger partial charge >= 0.3 is 0 Å². The number of amides is 1. The number of para-hydroxylation sites is 1. The first-order chi connectivity index (χ1) is 8.22. The summed E-state index contributed by atoms with van der Waals surface area (Å²) in [4.78, 5) is 10.7. The van der Waals surface area contributed by atoms with Crippen molar-refractivity contribution < 1.29 is 4.79 Å². The van der Waals surface area contributed by atoms with E-state index < -0.39 is 0 Å². The number of hydrogen-bond donors (Lipinski definition) is 1. The number of carbonyl (C=O) groups excluding carboxylic acids is 1. The molecule has 0 radical (unpaired) electrons. The van der Waals surface area contributed by atoms with Crippen molar-refractivity contribution in [1.82, 2.24) is 0 Å².